The van der Waals surface area contributed by atoms with Crippen LogP contribution in [0.4, 0.5) is 0 Å². The molecular formula is C61H122N2O7P+. The highest BCUT2D eigenvalue weighted by Crippen LogP contribution is 2.43. The first-order chi connectivity index (χ1) is 34.4. The van der Waals surface area contributed by atoms with Gasteiger partial charge in [0, 0.05) is 12.8 Å². The first-order valence-corrected chi connectivity index (χ1v) is 32.5. The van der Waals surface area contributed by atoms with E-state index in [2.05, 4.69) is 26.1 Å². The van der Waals surface area contributed by atoms with Crippen LogP contribution in [0.3, 0.4) is 0 Å². The number of esters is 1. The van der Waals surface area contributed by atoms with Gasteiger partial charge in [-0.15, -0.1) is 0 Å². The van der Waals surface area contributed by atoms with Gasteiger partial charge in [0.15, 0.2) is 0 Å². The molecule has 0 aromatic heterocycles. The highest BCUT2D eigenvalue weighted by Gasteiger charge is 2.30. The highest BCUT2D eigenvalue weighted by atomic mass is 31.2. The Balaban J connectivity index is 5.03. The Morgan fingerprint density at radius 3 is 1.15 bits per heavy atom. The summed E-state index contributed by atoms with van der Waals surface area (Å²) in [7, 11) is 1.52. The lowest BCUT2D eigenvalue weighted by molar-refractivity contribution is -0.870. The number of phosphoric acid groups is 1. The maximum absolute atomic E-state index is 13.5. The molecule has 71 heavy (non-hydrogen) atoms. The topological polar surface area (TPSA) is 111 Å². The fraction of sp³-hybridized carbons (Fsp3) is 0.934. The van der Waals surface area contributed by atoms with Crippen molar-refractivity contribution in [2.75, 3.05) is 40.9 Å². The van der Waals surface area contributed by atoms with Crippen LogP contribution in [0, 0.1) is 0 Å². The molecule has 9 nitrogen and oxygen atoms in total. The smallest absolute Gasteiger partial charge is 0.456 e. The lowest BCUT2D eigenvalue weighted by Gasteiger charge is -2.27. The number of hydrogen-bond acceptors (Lipinski definition) is 6. The number of carbonyl (C=O) groups is 2. The van der Waals surface area contributed by atoms with E-state index < -0.39 is 20.0 Å². The van der Waals surface area contributed by atoms with Crippen molar-refractivity contribution in [2.45, 2.75) is 328 Å². The van der Waals surface area contributed by atoms with Gasteiger partial charge in [0.25, 0.3) is 0 Å². The molecule has 0 fully saturated rings. The number of phosphoric ester groups is 1. The Morgan fingerprint density at radius 2 is 0.803 bits per heavy atom. The number of carbonyl (C=O) groups excluding carboxylic acids is 2. The predicted octanol–water partition coefficient (Wildman–Crippen LogP) is 18.8. The standard InChI is InChI=1S/C61H121N2O7P/c1-7-10-13-16-19-22-25-26-27-28-29-30-31-32-33-34-35-36-39-42-45-48-51-54-61(65)70-59(52-49-46-43-40-37-23-20-17-14-11-8-2)58(57-69-71(66,67)68-56-55-63(4,5)6)62-60(64)53-50-47-44-41-38-24-21-18-15-12-9-3/h49,52,58-59H,7-48,50-51,53-57H2,1-6H3,(H-,62,64,66,67)/p+1/b52-49-. The number of likely N-dealkylation sites (N-methyl/N-ethyl adjacent to an activating group) is 1. The number of amides is 1. The van der Waals surface area contributed by atoms with Gasteiger partial charge in [-0.1, -0.05) is 284 Å². The number of allylic oxidation sites excluding steroid dienone is 1. The van der Waals surface area contributed by atoms with E-state index in [1.54, 1.807) is 0 Å². The fourth-order valence-electron chi connectivity index (χ4n) is 9.41. The van der Waals surface area contributed by atoms with Crippen LogP contribution in [-0.2, 0) is 27.9 Å². The Bertz CT molecular complexity index is 1230. The van der Waals surface area contributed by atoms with Gasteiger partial charge in [-0.25, -0.2) is 4.57 Å². The molecule has 2 N–H and O–H groups in total. The third-order valence-electron chi connectivity index (χ3n) is 14.2. The van der Waals surface area contributed by atoms with Gasteiger partial charge < -0.3 is 19.4 Å². The number of ether oxygens (including phenoxy) is 1. The van der Waals surface area contributed by atoms with E-state index in [0.29, 0.717) is 23.9 Å². The zero-order chi connectivity index (χ0) is 52.2. The molecule has 0 aliphatic heterocycles. The number of quaternary nitrogens is 1. The summed E-state index contributed by atoms with van der Waals surface area (Å²) in [5, 5.41) is 3.05. The molecule has 3 atom stereocenters. The Labute approximate surface area is 441 Å². The summed E-state index contributed by atoms with van der Waals surface area (Å²) in [6.45, 7) is 7.04. The van der Waals surface area contributed by atoms with Crippen molar-refractivity contribution in [3.63, 3.8) is 0 Å². The van der Waals surface area contributed by atoms with E-state index in [0.717, 1.165) is 57.8 Å². The summed E-state index contributed by atoms with van der Waals surface area (Å²) in [5.41, 5.74) is 0. The Morgan fingerprint density at radius 1 is 0.479 bits per heavy atom. The second-order valence-electron chi connectivity index (χ2n) is 22.6. The average molecular weight is 1030 g/mol. The molecule has 0 aromatic rings. The minimum absolute atomic E-state index is 0.0454. The van der Waals surface area contributed by atoms with Gasteiger partial charge in [-0.05, 0) is 31.8 Å². The van der Waals surface area contributed by atoms with E-state index in [1.165, 1.54) is 225 Å². The molecule has 0 aromatic carbocycles. The molecule has 3 unspecified atom stereocenters. The first kappa shape index (κ1) is 69.8. The average Bonchev–Trinajstić information content (AvgIpc) is 3.33. The molecule has 0 radical (unpaired) electrons. The van der Waals surface area contributed by atoms with Crippen molar-refractivity contribution in [3.05, 3.63) is 12.2 Å². The lowest BCUT2D eigenvalue weighted by Crippen LogP contribution is -2.47. The fourth-order valence-corrected chi connectivity index (χ4v) is 10.1. The maximum atomic E-state index is 13.5. The third kappa shape index (κ3) is 53.4. The molecule has 422 valence electrons. The van der Waals surface area contributed by atoms with E-state index in [-0.39, 0.29) is 25.1 Å². The monoisotopic (exact) mass is 1030 g/mol. The van der Waals surface area contributed by atoms with Gasteiger partial charge >= 0.3 is 13.8 Å². The summed E-state index contributed by atoms with van der Waals surface area (Å²) in [5.74, 6) is -0.487. The van der Waals surface area contributed by atoms with Crippen LogP contribution in [0.25, 0.3) is 0 Å². The van der Waals surface area contributed by atoms with Crippen LogP contribution in [0.15, 0.2) is 12.2 Å². The third-order valence-corrected chi connectivity index (χ3v) is 15.2. The number of unbranched alkanes of at least 4 members (excludes halogenated alkanes) is 41. The summed E-state index contributed by atoms with van der Waals surface area (Å²) in [4.78, 5) is 37.6. The molecule has 1 amide bonds. The molecule has 0 saturated carbocycles. The van der Waals surface area contributed by atoms with Gasteiger partial charge in [0.2, 0.25) is 5.91 Å². The van der Waals surface area contributed by atoms with E-state index >= 15 is 0 Å². The Hall–Kier alpha value is -1.25. The van der Waals surface area contributed by atoms with E-state index in [1.807, 2.05) is 33.3 Å². The molecule has 10 heteroatoms. The van der Waals surface area contributed by atoms with Crippen LogP contribution < -0.4 is 5.32 Å². The summed E-state index contributed by atoms with van der Waals surface area (Å²) < 4.78 is 30.6. The molecule has 0 bridgehead atoms. The largest absolute Gasteiger partial charge is 0.472 e. The van der Waals surface area contributed by atoms with Crippen molar-refractivity contribution in [2.24, 2.45) is 0 Å². The number of hydrogen-bond donors (Lipinski definition) is 2. The second kappa shape index (κ2) is 52.2. The molecule has 0 aliphatic rings. The molecule has 0 spiro atoms. The second-order valence-corrected chi connectivity index (χ2v) is 24.1. The number of nitrogens with zero attached hydrogens (tertiary/aromatic N) is 1. The Kier molecular flexibility index (Phi) is 51.3. The highest BCUT2D eigenvalue weighted by molar-refractivity contribution is 7.47. The van der Waals surface area contributed by atoms with Crippen molar-refractivity contribution in [1.29, 1.82) is 0 Å². The summed E-state index contributed by atoms with van der Waals surface area (Å²) >= 11 is 0. The van der Waals surface area contributed by atoms with Crippen LogP contribution in [0.1, 0.15) is 316 Å². The lowest BCUT2D eigenvalue weighted by atomic mass is 10.0. The minimum atomic E-state index is -4.43. The normalized spacial score (nSPS) is 13.7. The van der Waals surface area contributed by atoms with E-state index in [4.69, 9.17) is 13.8 Å². The van der Waals surface area contributed by atoms with Crippen molar-refractivity contribution < 1.29 is 37.3 Å². The zero-order valence-corrected chi connectivity index (χ0v) is 49.1. The van der Waals surface area contributed by atoms with Gasteiger partial charge in [-0.3, -0.25) is 18.6 Å². The predicted molar refractivity (Wildman–Crippen MR) is 305 cm³/mol. The SMILES string of the molecule is CCCCCCCCCCC/C=C\C(OC(=O)CCCCCCCCCCCCCCCCCCCCCCCCC)C(COP(=O)(O)OCC[N+](C)(C)C)NC(=O)CCCCCCCCCCCCC. The van der Waals surface area contributed by atoms with Gasteiger partial charge in [0.1, 0.15) is 19.3 Å². The van der Waals surface area contributed by atoms with E-state index in [9.17, 15) is 19.0 Å². The maximum Gasteiger partial charge on any atom is 0.472 e. The van der Waals surface area contributed by atoms with Crippen molar-refractivity contribution >= 4 is 19.7 Å². The zero-order valence-electron chi connectivity index (χ0n) is 48.2. The molecular weight excluding hydrogens is 904 g/mol. The van der Waals surface area contributed by atoms with Crippen LogP contribution >= 0.6 is 7.82 Å². The van der Waals surface area contributed by atoms with Crippen LogP contribution in [0.2, 0.25) is 0 Å². The number of rotatable bonds is 57. The van der Waals surface area contributed by atoms with Crippen molar-refractivity contribution in [1.82, 2.24) is 5.32 Å². The summed E-state index contributed by atoms with van der Waals surface area (Å²) in [6.07, 6.45) is 59.3. The molecule has 0 rings (SSSR count). The quantitative estimate of drug-likeness (QED) is 0.0205. The van der Waals surface area contributed by atoms with Gasteiger partial charge in [0.05, 0.1) is 33.8 Å². The van der Waals surface area contributed by atoms with Crippen molar-refractivity contribution in [3.8, 4) is 0 Å². The minimum Gasteiger partial charge on any atom is -0.456 e. The van der Waals surface area contributed by atoms with Gasteiger partial charge in [-0.2, -0.15) is 0 Å². The van der Waals surface area contributed by atoms with Crippen LogP contribution in [0.5, 0.6) is 0 Å². The molecule has 0 saturated heterocycles. The number of nitrogens with one attached hydrogen (secondary N) is 1. The molecule has 0 aliphatic carbocycles. The first-order valence-electron chi connectivity index (χ1n) is 31.0. The summed E-state index contributed by atoms with van der Waals surface area (Å²) in [6, 6.07) is -0.838. The van der Waals surface area contributed by atoms with Crippen LogP contribution in [-0.4, -0.2) is 74.3 Å². The molecule has 0 heterocycles.